The monoisotopic (exact) mass is 330 g/mol. The van der Waals surface area contributed by atoms with Crippen LogP contribution in [-0.2, 0) is 0 Å². The first-order valence-corrected chi connectivity index (χ1v) is 8.11. The lowest BCUT2D eigenvalue weighted by Crippen LogP contribution is -2.29. The van der Waals surface area contributed by atoms with Crippen LogP contribution in [0, 0.1) is 5.82 Å². The zero-order chi connectivity index (χ0) is 15.8. The highest BCUT2D eigenvalue weighted by molar-refractivity contribution is 6.31. The molecule has 1 fully saturated rings. The average molecular weight is 331 g/mol. The number of rotatable bonds is 2. The average Bonchev–Trinajstić information content (AvgIpc) is 2.94. The molecule has 2 aromatic heterocycles. The lowest BCUT2D eigenvalue weighted by molar-refractivity contribution is 0.376. The molecule has 3 aromatic rings. The fourth-order valence-corrected chi connectivity index (χ4v) is 3.35. The highest BCUT2D eigenvalue weighted by Crippen LogP contribution is 2.33. The molecule has 4 rings (SSSR count). The second-order valence-electron chi connectivity index (χ2n) is 5.76. The fourth-order valence-electron chi connectivity index (χ4n) is 3.20. The van der Waals surface area contributed by atoms with E-state index in [0.29, 0.717) is 21.9 Å². The standard InChI is InChI=1S/C17H16ClFN4/c18-11-9-15-17(21-10-11)23(12-5-7-20-8-6-12)16(22-15)13-3-1-2-4-14(13)19/h1-4,9-10,12,20H,5-8H2. The second kappa shape index (κ2) is 5.91. The maximum absolute atomic E-state index is 14.3. The summed E-state index contributed by atoms with van der Waals surface area (Å²) in [6, 6.07) is 8.77. The summed E-state index contributed by atoms with van der Waals surface area (Å²) < 4.78 is 16.4. The number of hydrogen-bond acceptors (Lipinski definition) is 3. The van der Waals surface area contributed by atoms with Crippen LogP contribution >= 0.6 is 11.6 Å². The van der Waals surface area contributed by atoms with Crippen molar-refractivity contribution in [2.45, 2.75) is 18.9 Å². The zero-order valence-corrected chi connectivity index (χ0v) is 13.2. The molecule has 23 heavy (non-hydrogen) atoms. The first-order chi connectivity index (χ1) is 11.2. The molecule has 6 heteroatoms. The van der Waals surface area contributed by atoms with Crippen LogP contribution in [0.1, 0.15) is 18.9 Å². The molecule has 0 spiro atoms. The SMILES string of the molecule is Fc1ccccc1-c1nc2cc(Cl)cnc2n1C1CCNCC1. The molecule has 0 amide bonds. The largest absolute Gasteiger partial charge is 0.317 e. The maximum Gasteiger partial charge on any atom is 0.160 e. The fraction of sp³-hybridized carbons (Fsp3) is 0.294. The number of benzene rings is 1. The molecule has 0 radical (unpaired) electrons. The Morgan fingerprint density at radius 1 is 1.22 bits per heavy atom. The van der Waals surface area contributed by atoms with Crippen LogP contribution in [0.2, 0.25) is 5.02 Å². The van der Waals surface area contributed by atoms with Crippen molar-refractivity contribution in [3.8, 4) is 11.4 Å². The van der Waals surface area contributed by atoms with Crippen LogP contribution in [0.3, 0.4) is 0 Å². The molecule has 0 unspecified atom stereocenters. The van der Waals surface area contributed by atoms with Crippen LogP contribution in [0.4, 0.5) is 4.39 Å². The van der Waals surface area contributed by atoms with Gasteiger partial charge in [0.1, 0.15) is 17.2 Å². The quantitative estimate of drug-likeness (QED) is 0.777. The summed E-state index contributed by atoms with van der Waals surface area (Å²) in [5.41, 5.74) is 1.97. The first kappa shape index (κ1) is 14.6. The minimum Gasteiger partial charge on any atom is -0.317 e. The number of aromatic nitrogens is 3. The van der Waals surface area contributed by atoms with E-state index >= 15 is 0 Å². The van der Waals surface area contributed by atoms with Gasteiger partial charge in [0.15, 0.2) is 5.65 Å². The number of nitrogens with zero attached hydrogens (tertiary/aromatic N) is 3. The highest BCUT2D eigenvalue weighted by Gasteiger charge is 2.24. The Morgan fingerprint density at radius 2 is 2.00 bits per heavy atom. The van der Waals surface area contributed by atoms with Crippen molar-refractivity contribution in [1.82, 2.24) is 19.9 Å². The zero-order valence-electron chi connectivity index (χ0n) is 12.5. The van der Waals surface area contributed by atoms with Gasteiger partial charge in [0.05, 0.1) is 10.6 Å². The predicted octanol–water partition coefficient (Wildman–Crippen LogP) is 3.82. The highest BCUT2D eigenvalue weighted by atomic mass is 35.5. The molecule has 1 aromatic carbocycles. The van der Waals surface area contributed by atoms with Crippen LogP contribution in [0.25, 0.3) is 22.6 Å². The first-order valence-electron chi connectivity index (χ1n) is 7.73. The molecule has 1 saturated heterocycles. The molecule has 3 heterocycles. The van der Waals surface area contributed by atoms with E-state index in [1.165, 1.54) is 6.07 Å². The molecule has 1 aliphatic heterocycles. The summed E-state index contributed by atoms with van der Waals surface area (Å²) >= 11 is 6.05. The van der Waals surface area contributed by atoms with Gasteiger partial charge in [0.2, 0.25) is 0 Å². The number of halogens is 2. The number of fused-ring (bicyclic) bond motifs is 1. The van der Waals surface area contributed by atoms with Gasteiger partial charge in [-0.05, 0) is 44.1 Å². The van der Waals surface area contributed by atoms with Gasteiger partial charge in [0, 0.05) is 12.2 Å². The van der Waals surface area contributed by atoms with Crippen LogP contribution in [-0.4, -0.2) is 27.6 Å². The van der Waals surface area contributed by atoms with E-state index < -0.39 is 0 Å². The molecule has 118 valence electrons. The third kappa shape index (κ3) is 2.60. The van der Waals surface area contributed by atoms with E-state index in [0.717, 1.165) is 31.6 Å². The minimum absolute atomic E-state index is 0.254. The van der Waals surface area contributed by atoms with E-state index in [1.807, 2.05) is 6.07 Å². The van der Waals surface area contributed by atoms with Crippen molar-refractivity contribution in [2.75, 3.05) is 13.1 Å². The number of nitrogens with one attached hydrogen (secondary N) is 1. The Bertz CT molecular complexity index is 855. The minimum atomic E-state index is -0.274. The van der Waals surface area contributed by atoms with Crippen LogP contribution in [0.5, 0.6) is 0 Å². The topological polar surface area (TPSA) is 42.7 Å². The summed E-state index contributed by atoms with van der Waals surface area (Å²) in [4.78, 5) is 9.09. The molecule has 4 nitrogen and oxygen atoms in total. The van der Waals surface area contributed by atoms with Gasteiger partial charge in [-0.3, -0.25) is 0 Å². The Morgan fingerprint density at radius 3 is 2.78 bits per heavy atom. The lowest BCUT2D eigenvalue weighted by atomic mass is 10.1. The summed E-state index contributed by atoms with van der Waals surface area (Å²) in [5.74, 6) is 0.351. The van der Waals surface area contributed by atoms with Gasteiger partial charge >= 0.3 is 0 Å². The number of piperidine rings is 1. The van der Waals surface area contributed by atoms with Gasteiger partial charge in [0.25, 0.3) is 0 Å². The molecular formula is C17H16ClFN4. The van der Waals surface area contributed by atoms with Gasteiger partial charge in [-0.2, -0.15) is 0 Å². The van der Waals surface area contributed by atoms with Crippen molar-refractivity contribution < 1.29 is 4.39 Å². The Labute approximate surface area is 138 Å². The molecule has 0 bridgehead atoms. The second-order valence-corrected chi connectivity index (χ2v) is 6.20. The summed E-state index contributed by atoms with van der Waals surface area (Å²) in [7, 11) is 0. The molecule has 1 aliphatic rings. The third-order valence-corrected chi connectivity index (χ3v) is 4.49. The van der Waals surface area contributed by atoms with E-state index in [-0.39, 0.29) is 11.9 Å². The molecular weight excluding hydrogens is 315 g/mol. The van der Waals surface area contributed by atoms with Gasteiger partial charge in [-0.1, -0.05) is 23.7 Å². The molecule has 0 atom stereocenters. The van der Waals surface area contributed by atoms with Gasteiger partial charge in [-0.15, -0.1) is 0 Å². The summed E-state index contributed by atoms with van der Waals surface area (Å²) in [6.07, 6.45) is 3.56. The van der Waals surface area contributed by atoms with Crippen molar-refractivity contribution >= 4 is 22.8 Å². The predicted molar refractivity (Wildman–Crippen MR) is 89.1 cm³/mol. The Balaban J connectivity index is 1.96. The van der Waals surface area contributed by atoms with Crippen molar-refractivity contribution in [2.24, 2.45) is 0 Å². The third-order valence-electron chi connectivity index (χ3n) is 4.29. The van der Waals surface area contributed by atoms with Crippen LogP contribution < -0.4 is 5.32 Å². The van der Waals surface area contributed by atoms with E-state index in [2.05, 4.69) is 19.9 Å². The van der Waals surface area contributed by atoms with Crippen molar-refractivity contribution in [3.05, 3.63) is 47.4 Å². The smallest absolute Gasteiger partial charge is 0.160 e. The number of imidazole rings is 1. The summed E-state index contributed by atoms with van der Waals surface area (Å²) in [6.45, 7) is 1.88. The van der Waals surface area contributed by atoms with E-state index in [9.17, 15) is 4.39 Å². The maximum atomic E-state index is 14.3. The van der Waals surface area contributed by atoms with Crippen LogP contribution in [0.15, 0.2) is 36.5 Å². The van der Waals surface area contributed by atoms with E-state index in [4.69, 9.17) is 11.6 Å². The van der Waals surface area contributed by atoms with Gasteiger partial charge in [-0.25, -0.2) is 14.4 Å². The number of hydrogen-bond donors (Lipinski definition) is 1. The molecule has 0 aliphatic carbocycles. The summed E-state index contributed by atoms with van der Waals surface area (Å²) in [5, 5.41) is 3.89. The number of pyridine rings is 1. The van der Waals surface area contributed by atoms with Crippen molar-refractivity contribution in [1.29, 1.82) is 0 Å². The Kier molecular flexibility index (Phi) is 3.75. The normalized spacial score (nSPS) is 16.1. The molecule has 0 saturated carbocycles. The molecule has 1 N–H and O–H groups in total. The van der Waals surface area contributed by atoms with Gasteiger partial charge < -0.3 is 9.88 Å². The van der Waals surface area contributed by atoms with Crippen molar-refractivity contribution in [3.63, 3.8) is 0 Å². The van der Waals surface area contributed by atoms with E-state index in [1.54, 1.807) is 24.4 Å². The lowest BCUT2D eigenvalue weighted by Gasteiger charge is -2.26. The Hall–Kier alpha value is -1.98.